The van der Waals surface area contributed by atoms with Crippen molar-refractivity contribution < 1.29 is 55.5 Å². The van der Waals surface area contributed by atoms with Crippen LogP contribution in [0.3, 0.4) is 0 Å². The van der Waals surface area contributed by atoms with Gasteiger partial charge in [-0.25, -0.2) is 0 Å². The molecule has 0 aromatic rings. The molecule has 0 aromatic carbocycles. The first-order chi connectivity index (χ1) is 6.24. The summed E-state index contributed by atoms with van der Waals surface area (Å²) >= 11 is 0. The van der Waals surface area contributed by atoms with Crippen LogP contribution in [0.5, 0.6) is 0 Å². The van der Waals surface area contributed by atoms with E-state index in [1.165, 1.54) is 13.7 Å². The Morgan fingerprint density at radius 2 is 2.29 bits per heavy atom. The number of methoxy groups -OCH3 is 1. The zero-order chi connectivity index (χ0) is 9.47. The zero-order valence-corrected chi connectivity index (χ0v) is 12.0. The third kappa shape index (κ3) is 1.67. The summed E-state index contributed by atoms with van der Waals surface area (Å²) in [6, 6.07) is 0. The van der Waals surface area contributed by atoms with Gasteiger partial charge in [0.2, 0.25) is 0 Å². The molecule has 2 bridgehead atoms. The van der Waals surface area contributed by atoms with E-state index >= 15 is 0 Å². The molecule has 2 saturated heterocycles. The average Bonchev–Trinajstić information content (AvgIpc) is 2.59. The van der Waals surface area contributed by atoms with E-state index < -0.39 is 23.9 Å². The van der Waals surface area contributed by atoms with Crippen molar-refractivity contribution in [2.45, 2.75) is 23.9 Å². The van der Waals surface area contributed by atoms with Crippen LogP contribution in [-0.4, -0.2) is 54.4 Å². The fourth-order valence-corrected chi connectivity index (χ4v) is 1.86. The van der Waals surface area contributed by atoms with E-state index in [1.54, 1.807) is 0 Å². The number of rotatable bonds is 3. The summed E-state index contributed by atoms with van der Waals surface area (Å²) in [4.78, 5) is 0. The third-order valence-corrected chi connectivity index (χ3v) is 2.66. The predicted octanol–water partition coefficient (Wildman–Crippen LogP) is -1.32. The van der Waals surface area contributed by atoms with Gasteiger partial charge in [0, 0.05) is 38.2 Å². The van der Waals surface area contributed by atoms with Crippen LogP contribution < -0.4 is 0 Å². The maximum Gasteiger partial charge on any atom is 0.114 e. The van der Waals surface area contributed by atoms with E-state index in [-0.39, 0.29) is 37.7 Å². The Hall–Kier alpha value is 0.852. The molecule has 2 heterocycles. The van der Waals surface area contributed by atoms with E-state index in [2.05, 4.69) is 0 Å². The van der Waals surface area contributed by atoms with Crippen LogP contribution in [0, 0.1) is 37.7 Å². The number of hydrogen-bond acceptors (Lipinski definition) is 5. The molecular weight excluding hydrogens is 414 g/mol. The molecule has 6 heteroatoms. The summed E-state index contributed by atoms with van der Waals surface area (Å²) in [6.07, 6.45) is -1.63. The fraction of sp³-hybridized carbons (Fsp3) is 0.875. The second-order valence-electron chi connectivity index (χ2n) is 3.36. The average molecular weight is 427 g/mol. The van der Waals surface area contributed by atoms with Crippen molar-refractivity contribution in [1.29, 1.82) is 0 Å². The van der Waals surface area contributed by atoms with Crippen LogP contribution in [0.15, 0.2) is 0 Å². The Labute approximate surface area is 106 Å². The molecule has 0 saturated carbocycles. The van der Waals surface area contributed by atoms with Gasteiger partial charge in [-0.3, -0.25) is 0 Å². The third-order valence-electron chi connectivity index (χ3n) is 2.66. The van der Waals surface area contributed by atoms with Gasteiger partial charge < -0.3 is 24.4 Å². The molecule has 4 atom stereocenters. The van der Waals surface area contributed by atoms with Crippen molar-refractivity contribution in [2.75, 3.05) is 20.3 Å². The summed E-state index contributed by atoms with van der Waals surface area (Å²) in [6.45, 7) is 1.46. The van der Waals surface area contributed by atoms with Crippen LogP contribution in [0.4, 0.5) is 0 Å². The molecule has 80 valence electrons. The van der Waals surface area contributed by atoms with Crippen molar-refractivity contribution in [3.8, 4) is 0 Å². The van der Waals surface area contributed by atoms with Gasteiger partial charge in [-0.1, -0.05) is 0 Å². The topological polar surface area (TPSA) is 68.2 Å². The van der Waals surface area contributed by atoms with Gasteiger partial charge in [0.25, 0.3) is 0 Å². The summed E-state index contributed by atoms with van der Waals surface area (Å²) in [5, 5.41) is 18.8. The summed E-state index contributed by atoms with van der Waals surface area (Å²) in [5.74, 6) is 0. The van der Waals surface area contributed by atoms with Gasteiger partial charge in [-0.15, -0.1) is 0 Å². The minimum atomic E-state index is -1.01. The van der Waals surface area contributed by atoms with Gasteiger partial charge in [-0.2, -0.15) is 6.61 Å². The predicted molar refractivity (Wildman–Crippen MR) is 41.7 cm³/mol. The first-order valence-corrected chi connectivity index (χ1v) is 4.19. The van der Waals surface area contributed by atoms with Crippen LogP contribution in [0.25, 0.3) is 0 Å². The molecule has 0 amide bonds. The van der Waals surface area contributed by atoms with Crippen molar-refractivity contribution in [3.05, 3.63) is 6.61 Å². The Kier molecular flexibility index (Phi) is 4.42. The summed E-state index contributed by atoms with van der Waals surface area (Å²) in [5.41, 5.74) is -1.01. The van der Waals surface area contributed by atoms with E-state index in [9.17, 15) is 10.2 Å². The van der Waals surface area contributed by atoms with Gasteiger partial charge in [0.15, 0.2) is 0 Å². The van der Waals surface area contributed by atoms with Crippen molar-refractivity contribution in [3.63, 3.8) is 0 Å². The molecular formula is C8H13O5U-. The van der Waals surface area contributed by atoms with Crippen LogP contribution in [-0.2, 0) is 14.2 Å². The number of aliphatic hydroxyl groups excluding tert-OH is 2. The molecule has 14 heavy (non-hydrogen) atoms. The molecule has 0 aromatic heterocycles. The molecule has 5 nitrogen and oxygen atoms in total. The van der Waals surface area contributed by atoms with Crippen molar-refractivity contribution in [1.82, 2.24) is 0 Å². The van der Waals surface area contributed by atoms with Gasteiger partial charge in [-0.05, 0) is 6.10 Å². The van der Waals surface area contributed by atoms with Crippen molar-refractivity contribution >= 4 is 0 Å². The van der Waals surface area contributed by atoms with E-state index in [4.69, 9.17) is 14.2 Å². The smallest absolute Gasteiger partial charge is 0.114 e. The number of fused-ring (bicyclic) bond motifs is 2. The van der Waals surface area contributed by atoms with Crippen LogP contribution in [0.2, 0.25) is 0 Å². The first kappa shape index (κ1) is 12.9. The first-order valence-electron chi connectivity index (χ1n) is 4.19. The number of ether oxygens (including phenoxy) is 3. The normalized spacial score (nSPS) is 45.2. The minimum absolute atomic E-state index is 0. The van der Waals surface area contributed by atoms with E-state index in [1.807, 2.05) is 0 Å². The molecule has 0 unspecified atom stereocenters. The van der Waals surface area contributed by atoms with Crippen LogP contribution >= 0.6 is 0 Å². The Bertz CT molecular complexity index is 202. The van der Waals surface area contributed by atoms with E-state index in [0.29, 0.717) is 6.61 Å². The van der Waals surface area contributed by atoms with Crippen molar-refractivity contribution in [2.24, 2.45) is 0 Å². The Morgan fingerprint density at radius 3 is 2.79 bits per heavy atom. The number of aliphatic hydroxyl groups is 2. The van der Waals surface area contributed by atoms with Gasteiger partial charge >= 0.3 is 0 Å². The maximum atomic E-state index is 9.68. The molecule has 2 rings (SSSR count). The SMILES string of the molecule is COC[C@@H]1O[C@H]2[CH-]O[C@]1(CO)[C@H]2O.[U]. The summed E-state index contributed by atoms with van der Waals surface area (Å²) in [7, 11) is 1.54. The standard InChI is InChI=1S/C8H13O5.U/c1-11-3-6-8(4-9)7(10)5(13-6)2-12-8;/h2,5-7,9-10H,3-4H2,1H3;/q-1;/t5-,6-,7-,8-;/m0./s1. The monoisotopic (exact) mass is 427 g/mol. The molecule has 2 fully saturated rings. The molecule has 2 aliphatic rings. The molecule has 0 radical (unpaired) electrons. The molecule has 2 aliphatic heterocycles. The number of hydrogen-bond donors (Lipinski definition) is 2. The van der Waals surface area contributed by atoms with Gasteiger partial charge in [0.1, 0.15) is 11.7 Å². The Morgan fingerprint density at radius 1 is 1.57 bits per heavy atom. The van der Waals surface area contributed by atoms with Crippen LogP contribution in [0.1, 0.15) is 0 Å². The Balaban J connectivity index is 0.000000980. The minimum Gasteiger partial charge on any atom is -0.539 e. The quantitative estimate of drug-likeness (QED) is 0.548. The molecule has 0 spiro atoms. The maximum absolute atomic E-state index is 9.68. The zero-order valence-electron chi connectivity index (χ0n) is 7.84. The second kappa shape index (κ2) is 4.79. The largest absolute Gasteiger partial charge is 0.539 e. The summed E-state index contributed by atoms with van der Waals surface area (Å²) < 4.78 is 15.5. The second-order valence-corrected chi connectivity index (χ2v) is 3.36. The molecule has 0 aliphatic carbocycles. The van der Waals surface area contributed by atoms with Gasteiger partial charge in [0.05, 0.1) is 19.3 Å². The fourth-order valence-electron chi connectivity index (χ4n) is 1.86. The van der Waals surface area contributed by atoms with E-state index in [0.717, 1.165) is 0 Å². The molecule has 2 N–H and O–H groups in total.